The van der Waals surface area contributed by atoms with Gasteiger partial charge in [0.2, 0.25) is 11.8 Å². The van der Waals surface area contributed by atoms with E-state index in [0.29, 0.717) is 5.91 Å². The van der Waals surface area contributed by atoms with Crippen molar-refractivity contribution < 1.29 is 9.59 Å². The van der Waals surface area contributed by atoms with Gasteiger partial charge < -0.3 is 10.2 Å². The van der Waals surface area contributed by atoms with Gasteiger partial charge in [-0.15, -0.1) is 0 Å². The smallest absolute Gasteiger partial charge is 0.225 e. The molecule has 1 aliphatic heterocycles. The lowest BCUT2D eigenvalue weighted by molar-refractivity contribution is -0.137. The normalized spacial score (nSPS) is 23.4. The molecule has 128 valence electrons. The summed E-state index contributed by atoms with van der Waals surface area (Å²) in [5.74, 6) is 0.826. The first-order chi connectivity index (χ1) is 11.7. The van der Waals surface area contributed by atoms with E-state index in [9.17, 15) is 9.59 Å². The van der Waals surface area contributed by atoms with Crippen LogP contribution in [0.3, 0.4) is 0 Å². The standard InChI is InChI=1S/C20H26N2O2/c23-18(15-9-13-22(14-10-15)19(24)16-7-8-16)21-20(11-4-12-20)17-5-2-1-3-6-17/h1-3,5-6,15-16H,4,7-14H2,(H,21,23). The van der Waals surface area contributed by atoms with Gasteiger partial charge in [0.15, 0.2) is 0 Å². The molecule has 3 aliphatic rings. The van der Waals surface area contributed by atoms with Crippen molar-refractivity contribution in [3.05, 3.63) is 35.9 Å². The second kappa shape index (κ2) is 6.23. The van der Waals surface area contributed by atoms with Gasteiger partial charge in [0.1, 0.15) is 0 Å². The Kier molecular flexibility index (Phi) is 4.07. The zero-order valence-corrected chi connectivity index (χ0v) is 14.2. The zero-order chi connectivity index (χ0) is 16.6. The van der Waals surface area contributed by atoms with Crippen LogP contribution in [0.5, 0.6) is 0 Å². The molecule has 4 rings (SSSR count). The van der Waals surface area contributed by atoms with Gasteiger partial charge in [0, 0.05) is 24.9 Å². The molecular weight excluding hydrogens is 300 g/mol. The van der Waals surface area contributed by atoms with Crippen LogP contribution in [-0.2, 0) is 15.1 Å². The third-order valence-corrected chi connectivity index (χ3v) is 6.00. The van der Waals surface area contributed by atoms with Gasteiger partial charge in [-0.1, -0.05) is 30.3 Å². The van der Waals surface area contributed by atoms with Crippen LogP contribution < -0.4 is 5.32 Å². The lowest BCUT2D eigenvalue weighted by Gasteiger charge is -2.44. The molecule has 2 aliphatic carbocycles. The predicted molar refractivity (Wildman–Crippen MR) is 92.1 cm³/mol. The van der Waals surface area contributed by atoms with Crippen LogP contribution in [0, 0.1) is 11.8 Å². The molecule has 4 heteroatoms. The number of nitrogens with zero attached hydrogens (tertiary/aromatic N) is 1. The van der Waals surface area contributed by atoms with E-state index in [1.54, 1.807) is 0 Å². The molecule has 0 unspecified atom stereocenters. The maximum absolute atomic E-state index is 12.8. The Morgan fingerprint density at radius 1 is 0.958 bits per heavy atom. The molecule has 2 amide bonds. The van der Waals surface area contributed by atoms with Crippen LogP contribution in [0.25, 0.3) is 0 Å². The Balaban J connectivity index is 1.35. The largest absolute Gasteiger partial charge is 0.346 e. The fourth-order valence-electron chi connectivity index (χ4n) is 4.06. The SMILES string of the molecule is O=C(NC1(c2ccccc2)CCC1)C1CCN(C(=O)C2CC2)CC1. The molecule has 0 atom stereocenters. The number of hydrogen-bond donors (Lipinski definition) is 1. The summed E-state index contributed by atoms with van der Waals surface area (Å²) in [6.07, 6.45) is 6.94. The second-order valence-electron chi connectivity index (χ2n) is 7.66. The number of hydrogen-bond acceptors (Lipinski definition) is 2. The highest BCUT2D eigenvalue weighted by atomic mass is 16.2. The van der Waals surface area contributed by atoms with E-state index in [0.717, 1.165) is 51.6 Å². The number of nitrogens with one attached hydrogen (secondary N) is 1. The summed E-state index contributed by atoms with van der Waals surface area (Å²) in [5, 5.41) is 3.35. The van der Waals surface area contributed by atoms with Crippen molar-refractivity contribution in [2.24, 2.45) is 11.8 Å². The van der Waals surface area contributed by atoms with E-state index >= 15 is 0 Å². The van der Waals surface area contributed by atoms with Gasteiger partial charge in [0.25, 0.3) is 0 Å². The molecule has 3 fully saturated rings. The fourth-order valence-corrected chi connectivity index (χ4v) is 4.06. The zero-order valence-electron chi connectivity index (χ0n) is 14.2. The van der Waals surface area contributed by atoms with Crippen molar-refractivity contribution >= 4 is 11.8 Å². The van der Waals surface area contributed by atoms with Gasteiger partial charge in [0.05, 0.1) is 5.54 Å². The number of rotatable bonds is 4. The Bertz CT molecular complexity index is 612. The topological polar surface area (TPSA) is 49.4 Å². The van der Waals surface area contributed by atoms with E-state index in [4.69, 9.17) is 0 Å². The van der Waals surface area contributed by atoms with Gasteiger partial charge >= 0.3 is 0 Å². The lowest BCUT2D eigenvalue weighted by atomic mass is 9.71. The van der Waals surface area contributed by atoms with Crippen molar-refractivity contribution in [3.8, 4) is 0 Å². The van der Waals surface area contributed by atoms with Gasteiger partial charge in [-0.25, -0.2) is 0 Å². The number of carbonyl (C=O) groups is 2. The molecular formula is C20H26N2O2. The van der Waals surface area contributed by atoms with Crippen molar-refractivity contribution in [1.29, 1.82) is 0 Å². The maximum Gasteiger partial charge on any atom is 0.225 e. The molecule has 1 saturated heterocycles. The Hall–Kier alpha value is -1.84. The average Bonchev–Trinajstić information content (AvgIpc) is 3.43. The predicted octanol–water partition coefficient (Wildman–Crippen LogP) is 2.83. The summed E-state index contributed by atoms with van der Waals surface area (Å²) >= 11 is 0. The number of amides is 2. The number of likely N-dealkylation sites (tertiary alicyclic amines) is 1. The van der Waals surface area contributed by atoms with Gasteiger partial charge in [-0.3, -0.25) is 9.59 Å². The molecule has 0 aromatic heterocycles. The summed E-state index contributed by atoms with van der Waals surface area (Å²) < 4.78 is 0. The minimum atomic E-state index is -0.153. The van der Waals surface area contributed by atoms with Crippen LogP contribution in [0.15, 0.2) is 30.3 Å². The average molecular weight is 326 g/mol. The summed E-state index contributed by atoms with van der Waals surface area (Å²) in [7, 11) is 0. The van der Waals surface area contributed by atoms with Crippen molar-refractivity contribution in [2.45, 2.75) is 50.5 Å². The molecule has 1 aromatic rings. The fraction of sp³-hybridized carbons (Fsp3) is 0.600. The van der Waals surface area contributed by atoms with Crippen LogP contribution in [0.1, 0.15) is 50.5 Å². The van der Waals surface area contributed by atoms with Crippen LogP contribution in [0.2, 0.25) is 0 Å². The van der Waals surface area contributed by atoms with E-state index in [2.05, 4.69) is 17.4 Å². The molecule has 0 radical (unpaired) electrons. The van der Waals surface area contributed by atoms with Gasteiger partial charge in [-0.05, 0) is 50.5 Å². The Labute approximate surface area is 143 Å². The third kappa shape index (κ3) is 2.94. The van der Waals surface area contributed by atoms with Gasteiger partial charge in [-0.2, -0.15) is 0 Å². The van der Waals surface area contributed by atoms with Crippen molar-refractivity contribution in [3.63, 3.8) is 0 Å². The highest BCUT2D eigenvalue weighted by molar-refractivity contribution is 5.82. The van der Waals surface area contributed by atoms with E-state index in [1.807, 2.05) is 23.1 Å². The summed E-state index contributed by atoms with van der Waals surface area (Å²) in [4.78, 5) is 26.9. The first kappa shape index (κ1) is 15.7. The Morgan fingerprint density at radius 2 is 1.62 bits per heavy atom. The molecule has 1 aromatic carbocycles. The van der Waals surface area contributed by atoms with E-state index < -0.39 is 0 Å². The van der Waals surface area contributed by atoms with E-state index in [1.165, 1.54) is 12.0 Å². The molecule has 0 spiro atoms. The minimum absolute atomic E-state index is 0.0504. The summed E-state index contributed by atoms with van der Waals surface area (Å²) in [6, 6.07) is 10.4. The molecule has 24 heavy (non-hydrogen) atoms. The quantitative estimate of drug-likeness (QED) is 0.925. The molecule has 4 nitrogen and oxygen atoms in total. The van der Waals surface area contributed by atoms with Crippen LogP contribution in [-0.4, -0.2) is 29.8 Å². The Morgan fingerprint density at radius 3 is 2.17 bits per heavy atom. The van der Waals surface area contributed by atoms with Crippen LogP contribution in [0.4, 0.5) is 0 Å². The summed E-state index contributed by atoms with van der Waals surface area (Å²) in [5.41, 5.74) is 1.07. The van der Waals surface area contributed by atoms with Crippen molar-refractivity contribution in [1.82, 2.24) is 10.2 Å². The van der Waals surface area contributed by atoms with Crippen molar-refractivity contribution in [2.75, 3.05) is 13.1 Å². The number of carbonyl (C=O) groups excluding carboxylic acids is 2. The highest BCUT2D eigenvalue weighted by Gasteiger charge is 2.42. The number of piperidine rings is 1. The summed E-state index contributed by atoms with van der Waals surface area (Å²) in [6.45, 7) is 1.48. The van der Waals surface area contributed by atoms with E-state index in [-0.39, 0.29) is 23.3 Å². The first-order valence-electron chi connectivity index (χ1n) is 9.34. The highest BCUT2D eigenvalue weighted by Crippen LogP contribution is 2.41. The minimum Gasteiger partial charge on any atom is -0.346 e. The molecule has 0 bridgehead atoms. The lowest BCUT2D eigenvalue weighted by Crippen LogP contribution is -2.53. The number of benzene rings is 1. The third-order valence-electron chi connectivity index (χ3n) is 6.00. The first-order valence-corrected chi connectivity index (χ1v) is 9.34. The maximum atomic E-state index is 12.8. The second-order valence-corrected chi connectivity index (χ2v) is 7.66. The van der Waals surface area contributed by atoms with Crippen LogP contribution >= 0.6 is 0 Å². The monoisotopic (exact) mass is 326 g/mol. The molecule has 1 heterocycles. The molecule has 2 saturated carbocycles. The molecule has 1 N–H and O–H groups in total.